The molecule has 0 saturated carbocycles. The fourth-order valence-electron chi connectivity index (χ4n) is 1.85. The van der Waals surface area contributed by atoms with Crippen molar-refractivity contribution < 1.29 is 18.7 Å². The number of amides is 1. The Morgan fingerprint density at radius 1 is 1.26 bits per heavy atom. The Balaban J connectivity index is 3.03. The standard InChI is InChI=1S/C17H29NO4Si/c1-17(2,3)23(6,7)22-15(12-18-16(19)21-5)13-9-8-10-14(11-13)20-4/h8-11,15H,12H2,1-7H3,(H,18,19). The smallest absolute Gasteiger partial charge is 0.406 e. The topological polar surface area (TPSA) is 56.8 Å². The van der Waals surface area contributed by atoms with E-state index in [1.54, 1.807) is 7.11 Å². The highest BCUT2D eigenvalue weighted by molar-refractivity contribution is 6.74. The first kappa shape index (κ1) is 19.5. The second kappa shape index (κ2) is 7.83. The van der Waals surface area contributed by atoms with E-state index in [-0.39, 0.29) is 11.1 Å². The molecule has 6 heteroatoms. The summed E-state index contributed by atoms with van der Waals surface area (Å²) in [6, 6.07) is 7.74. The molecule has 0 saturated heterocycles. The SMILES string of the molecule is COC(=O)NCC(O[Si](C)(C)C(C)(C)C)c1cccc(OC)c1. The number of hydrogen-bond donors (Lipinski definition) is 1. The lowest BCUT2D eigenvalue weighted by Crippen LogP contribution is -2.44. The Morgan fingerprint density at radius 3 is 2.43 bits per heavy atom. The van der Waals surface area contributed by atoms with Gasteiger partial charge in [-0.15, -0.1) is 0 Å². The largest absolute Gasteiger partial charge is 0.497 e. The normalized spacial score (nSPS) is 13.3. The molecule has 1 amide bonds. The Hall–Kier alpha value is -1.53. The molecule has 1 atom stereocenters. The molecule has 0 fully saturated rings. The van der Waals surface area contributed by atoms with Gasteiger partial charge in [-0.2, -0.15) is 0 Å². The summed E-state index contributed by atoms with van der Waals surface area (Å²) in [4.78, 5) is 11.4. The highest BCUT2D eigenvalue weighted by Crippen LogP contribution is 2.39. The molecule has 0 spiro atoms. The van der Waals surface area contributed by atoms with E-state index in [0.717, 1.165) is 11.3 Å². The van der Waals surface area contributed by atoms with E-state index in [1.807, 2.05) is 24.3 Å². The molecule has 1 unspecified atom stereocenters. The number of carbonyl (C=O) groups is 1. The van der Waals surface area contributed by atoms with Crippen molar-refractivity contribution >= 4 is 14.4 Å². The Bertz CT molecular complexity index is 526. The quantitative estimate of drug-likeness (QED) is 0.792. The van der Waals surface area contributed by atoms with E-state index in [0.29, 0.717) is 6.54 Å². The molecule has 0 heterocycles. The van der Waals surface area contributed by atoms with Crippen LogP contribution in [0.4, 0.5) is 4.79 Å². The second-order valence-corrected chi connectivity index (χ2v) is 11.8. The van der Waals surface area contributed by atoms with Crippen LogP contribution in [0.2, 0.25) is 18.1 Å². The number of nitrogens with one attached hydrogen (secondary N) is 1. The third-order valence-electron chi connectivity index (χ3n) is 4.33. The van der Waals surface area contributed by atoms with Crippen molar-refractivity contribution in [1.29, 1.82) is 0 Å². The maximum Gasteiger partial charge on any atom is 0.406 e. The van der Waals surface area contributed by atoms with Gasteiger partial charge in [0.25, 0.3) is 0 Å². The van der Waals surface area contributed by atoms with E-state index < -0.39 is 14.4 Å². The van der Waals surface area contributed by atoms with Gasteiger partial charge in [-0.3, -0.25) is 0 Å². The lowest BCUT2D eigenvalue weighted by atomic mass is 10.1. The third-order valence-corrected chi connectivity index (χ3v) is 8.81. The van der Waals surface area contributed by atoms with Crippen LogP contribution in [-0.4, -0.2) is 35.2 Å². The van der Waals surface area contributed by atoms with Crippen LogP contribution >= 0.6 is 0 Å². The zero-order valence-electron chi connectivity index (χ0n) is 15.2. The van der Waals surface area contributed by atoms with Gasteiger partial charge in [-0.25, -0.2) is 4.79 Å². The summed E-state index contributed by atoms with van der Waals surface area (Å²) in [6.45, 7) is 11.3. The van der Waals surface area contributed by atoms with Crippen LogP contribution in [0.15, 0.2) is 24.3 Å². The molecule has 1 rings (SSSR count). The minimum atomic E-state index is -1.99. The second-order valence-electron chi connectivity index (χ2n) is 7.02. The summed E-state index contributed by atoms with van der Waals surface area (Å²) >= 11 is 0. The van der Waals surface area contributed by atoms with Crippen LogP contribution in [0.25, 0.3) is 0 Å². The summed E-state index contributed by atoms with van der Waals surface area (Å²) in [5, 5.41) is 2.82. The number of carbonyl (C=O) groups excluding carboxylic acids is 1. The van der Waals surface area contributed by atoms with Crippen LogP contribution in [0.1, 0.15) is 32.4 Å². The van der Waals surface area contributed by atoms with Crippen molar-refractivity contribution in [2.24, 2.45) is 0 Å². The van der Waals surface area contributed by atoms with E-state index in [1.165, 1.54) is 7.11 Å². The first-order chi connectivity index (χ1) is 10.6. The Labute approximate surface area is 140 Å². The highest BCUT2D eigenvalue weighted by Gasteiger charge is 2.39. The van der Waals surface area contributed by atoms with Gasteiger partial charge in [0.2, 0.25) is 0 Å². The molecule has 0 radical (unpaired) electrons. The predicted molar refractivity (Wildman–Crippen MR) is 94.4 cm³/mol. The lowest BCUT2D eigenvalue weighted by Gasteiger charge is -2.39. The summed E-state index contributed by atoms with van der Waals surface area (Å²) in [5.41, 5.74) is 0.977. The predicted octanol–water partition coefficient (Wildman–Crippen LogP) is 4.11. The number of ether oxygens (including phenoxy) is 2. The zero-order chi connectivity index (χ0) is 17.7. The van der Waals surface area contributed by atoms with Crippen molar-refractivity contribution in [2.75, 3.05) is 20.8 Å². The Morgan fingerprint density at radius 2 is 1.91 bits per heavy atom. The summed E-state index contributed by atoms with van der Waals surface area (Å²) in [7, 11) is 0.993. The number of alkyl carbamates (subject to hydrolysis) is 1. The molecular weight excluding hydrogens is 310 g/mol. The molecule has 0 aliphatic rings. The van der Waals surface area contributed by atoms with Gasteiger partial charge in [-0.05, 0) is 35.8 Å². The van der Waals surface area contributed by atoms with E-state index in [9.17, 15) is 4.79 Å². The minimum Gasteiger partial charge on any atom is -0.497 e. The van der Waals surface area contributed by atoms with E-state index in [4.69, 9.17) is 9.16 Å². The van der Waals surface area contributed by atoms with E-state index >= 15 is 0 Å². The van der Waals surface area contributed by atoms with Crippen molar-refractivity contribution in [3.05, 3.63) is 29.8 Å². The average molecular weight is 340 g/mol. The van der Waals surface area contributed by atoms with Gasteiger partial charge in [0.1, 0.15) is 5.75 Å². The van der Waals surface area contributed by atoms with Gasteiger partial charge in [0.05, 0.1) is 26.9 Å². The highest BCUT2D eigenvalue weighted by atomic mass is 28.4. The average Bonchev–Trinajstić information content (AvgIpc) is 2.49. The first-order valence-electron chi connectivity index (χ1n) is 7.74. The third kappa shape index (κ3) is 5.55. The monoisotopic (exact) mass is 339 g/mol. The summed E-state index contributed by atoms with van der Waals surface area (Å²) in [5.74, 6) is 0.768. The molecule has 23 heavy (non-hydrogen) atoms. The van der Waals surface area contributed by atoms with Gasteiger partial charge in [0, 0.05) is 0 Å². The first-order valence-corrected chi connectivity index (χ1v) is 10.6. The van der Waals surface area contributed by atoms with Crippen molar-refractivity contribution in [3.8, 4) is 5.75 Å². The molecule has 0 aromatic heterocycles. The van der Waals surface area contributed by atoms with Gasteiger partial charge in [-0.1, -0.05) is 32.9 Å². The summed E-state index contributed by atoms with van der Waals surface area (Å²) in [6.07, 6.45) is -0.707. The molecule has 0 aliphatic carbocycles. The molecule has 130 valence electrons. The van der Waals surface area contributed by atoms with Crippen molar-refractivity contribution in [3.63, 3.8) is 0 Å². The maximum atomic E-state index is 11.4. The van der Waals surface area contributed by atoms with Crippen LogP contribution in [0.5, 0.6) is 5.75 Å². The molecule has 0 bridgehead atoms. The Kier molecular flexibility index (Phi) is 6.65. The maximum absolute atomic E-state index is 11.4. The lowest BCUT2D eigenvalue weighted by molar-refractivity contribution is 0.150. The molecule has 1 N–H and O–H groups in total. The molecule has 5 nitrogen and oxygen atoms in total. The molecule has 1 aromatic rings. The van der Waals surface area contributed by atoms with E-state index in [2.05, 4.69) is 43.9 Å². The number of rotatable bonds is 6. The minimum absolute atomic E-state index is 0.0788. The van der Waals surface area contributed by atoms with Crippen LogP contribution in [-0.2, 0) is 9.16 Å². The van der Waals surface area contributed by atoms with Crippen molar-refractivity contribution in [1.82, 2.24) is 5.32 Å². The number of methoxy groups -OCH3 is 2. The van der Waals surface area contributed by atoms with Gasteiger partial charge >= 0.3 is 6.09 Å². The fourth-order valence-corrected chi connectivity index (χ4v) is 3.13. The van der Waals surface area contributed by atoms with Gasteiger partial charge < -0.3 is 19.2 Å². The van der Waals surface area contributed by atoms with Crippen LogP contribution in [0, 0.1) is 0 Å². The molecule has 0 aliphatic heterocycles. The van der Waals surface area contributed by atoms with Crippen LogP contribution < -0.4 is 10.1 Å². The molecular formula is C17H29NO4Si. The fraction of sp³-hybridized carbons (Fsp3) is 0.588. The molecule has 1 aromatic carbocycles. The number of hydrogen-bond acceptors (Lipinski definition) is 4. The zero-order valence-corrected chi connectivity index (χ0v) is 16.2. The van der Waals surface area contributed by atoms with Crippen molar-refractivity contribution in [2.45, 2.75) is 45.0 Å². The number of benzene rings is 1. The van der Waals surface area contributed by atoms with Gasteiger partial charge in [0.15, 0.2) is 8.32 Å². The van der Waals surface area contributed by atoms with Crippen LogP contribution in [0.3, 0.4) is 0 Å². The summed E-state index contributed by atoms with van der Waals surface area (Å²) < 4.78 is 16.4.